The van der Waals surface area contributed by atoms with Crippen molar-refractivity contribution >= 4 is 0 Å². The van der Waals surface area contributed by atoms with Gasteiger partial charge in [-0.25, -0.2) is 0 Å². The fourth-order valence-corrected chi connectivity index (χ4v) is 0.760. The summed E-state index contributed by atoms with van der Waals surface area (Å²) in [6.07, 6.45) is 2.37. The molecule has 0 aliphatic carbocycles. The predicted octanol–water partition coefficient (Wildman–Crippen LogP) is 2.85. The monoisotopic (exact) mass is 132 g/mol. The lowest BCUT2D eigenvalue weighted by atomic mass is 10.1. The van der Waals surface area contributed by atoms with Gasteiger partial charge in [0.25, 0.3) is 0 Å². The Balaban J connectivity index is 0. The number of ether oxygens (including phenoxy) is 1. The molecule has 0 radical (unpaired) electrons. The zero-order valence-corrected chi connectivity index (χ0v) is 5.03. The molecule has 1 aliphatic heterocycles. The summed E-state index contributed by atoms with van der Waals surface area (Å²) in [4.78, 5) is 0. The molecule has 0 bridgehead atoms. The zero-order chi connectivity index (χ0) is 5.33. The number of rotatable bonds is 2. The molecule has 1 nitrogen and oxygen atoms in total. The Kier molecular flexibility index (Phi) is 5.06. The Morgan fingerprint density at radius 2 is 1.56 bits per heavy atom. The molecule has 0 spiro atoms. The summed E-state index contributed by atoms with van der Waals surface area (Å²) in [5.41, 5.74) is 0.333. The van der Waals surface area contributed by atoms with Crippen LogP contribution in [0.15, 0.2) is 0 Å². The van der Waals surface area contributed by atoms with Gasteiger partial charge in [-0.3, -0.25) is 0 Å². The highest BCUT2D eigenvalue weighted by molar-refractivity contribution is 4.88. The van der Waals surface area contributed by atoms with Gasteiger partial charge in [0.2, 0.25) is 0 Å². The molecule has 0 saturated carbocycles. The standard InChI is InChI=1S/C6H12O.2CH4/c1-3-6(4-2)5-7-6;;/h3-5H2,1-2H3;2*1H4. The van der Waals surface area contributed by atoms with Gasteiger partial charge in [0.15, 0.2) is 0 Å². The Morgan fingerprint density at radius 3 is 1.56 bits per heavy atom. The molecule has 9 heavy (non-hydrogen) atoms. The van der Waals surface area contributed by atoms with Crippen molar-refractivity contribution in [3.8, 4) is 0 Å². The van der Waals surface area contributed by atoms with E-state index in [2.05, 4.69) is 13.8 Å². The minimum Gasteiger partial charge on any atom is -0.370 e. The molecule has 0 aromatic heterocycles. The van der Waals surface area contributed by atoms with Crippen molar-refractivity contribution in [2.45, 2.75) is 47.1 Å². The van der Waals surface area contributed by atoms with Gasteiger partial charge in [-0.15, -0.1) is 0 Å². The third-order valence-electron chi connectivity index (χ3n) is 1.84. The van der Waals surface area contributed by atoms with Gasteiger partial charge in [-0.05, 0) is 12.8 Å². The van der Waals surface area contributed by atoms with E-state index < -0.39 is 0 Å². The molecule has 1 saturated heterocycles. The van der Waals surface area contributed by atoms with Gasteiger partial charge in [-0.2, -0.15) is 0 Å². The third kappa shape index (κ3) is 2.35. The average molecular weight is 132 g/mol. The Labute approximate surface area is 59.4 Å². The summed E-state index contributed by atoms with van der Waals surface area (Å²) in [5.74, 6) is 0. The van der Waals surface area contributed by atoms with Crippen LogP contribution in [0, 0.1) is 0 Å². The summed E-state index contributed by atoms with van der Waals surface area (Å²) < 4.78 is 5.19. The fraction of sp³-hybridized carbons (Fsp3) is 1.00. The Bertz CT molecular complexity index is 59.0. The van der Waals surface area contributed by atoms with Gasteiger partial charge in [0, 0.05) is 0 Å². The molecule has 0 unspecified atom stereocenters. The first-order valence-electron chi connectivity index (χ1n) is 2.97. The first kappa shape index (κ1) is 11.7. The molecule has 58 valence electrons. The van der Waals surface area contributed by atoms with Crippen molar-refractivity contribution in [2.75, 3.05) is 6.61 Å². The topological polar surface area (TPSA) is 12.5 Å². The molecule has 0 aromatic rings. The van der Waals surface area contributed by atoms with Gasteiger partial charge in [-0.1, -0.05) is 28.7 Å². The van der Waals surface area contributed by atoms with Crippen LogP contribution >= 0.6 is 0 Å². The van der Waals surface area contributed by atoms with Crippen LogP contribution in [0.1, 0.15) is 41.5 Å². The summed E-state index contributed by atoms with van der Waals surface area (Å²) >= 11 is 0. The van der Waals surface area contributed by atoms with Crippen LogP contribution in [0.3, 0.4) is 0 Å². The normalized spacial score (nSPS) is 19.3. The highest BCUT2D eigenvalue weighted by atomic mass is 16.6. The second kappa shape index (κ2) is 3.89. The van der Waals surface area contributed by atoms with E-state index in [4.69, 9.17) is 4.74 Å². The molecular formula is C8H20O. The molecule has 1 heteroatoms. The predicted molar refractivity (Wildman–Crippen MR) is 42.7 cm³/mol. The highest BCUT2D eigenvalue weighted by Gasteiger charge is 2.40. The van der Waals surface area contributed by atoms with E-state index in [1.807, 2.05) is 0 Å². The van der Waals surface area contributed by atoms with Crippen LogP contribution in [-0.4, -0.2) is 12.2 Å². The highest BCUT2D eigenvalue weighted by Crippen LogP contribution is 2.33. The number of hydrogen-bond acceptors (Lipinski definition) is 1. The van der Waals surface area contributed by atoms with Crippen LogP contribution in [0.4, 0.5) is 0 Å². The van der Waals surface area contributed by atoms with Crippen molar-refractivity contribution in [1.82, 2.24) is 0 Å². The summed E-state index contributed by atoms with van der Waals surface area (Å²) in [6, 6.07) is 0. The van der Waals surface area contributed by atoms with Crippen molar-refractivity contribution in [1.29, 1.82) is 0 Å². The summed E-state index contributed by atoms with van der Waals surface area (Å²) in [7, 11) is 0. The fourth-order valence-electron chi connectivity index (χ4n) is 0.760. The minimum absolute atomic E-state index is 0. The lowest BCUT2D eigenvalue weighted by Gasteiger charge is -2.00. The van der Waals surface area contributed by atoms with Gasteiger partial charge < -0.3 is 4.74 Å². The van der Waals surface area contributed by atoms with Gasteiger partial charge >= 0.3 is 0 Å². The quantitative estimate of drug-likeness (QED) is 0.526. The van der Waals surface area contributed by atoms with Crippen LogP contribution < -0.4 is 0 Å². The van der Waals surface area contributed by atoms with E-state index in [1.54, 1.807) is 0 Å². The van der Waals surface area contributed by atoms with E-state index in [1.165, 1.54) is 12.8 Å². The van der Waals surface area contributed by atoms with Crippen LogP contribution in [-0.2, 0) is 4.74 Å². The lowest BCUT2D eigenvalue weighted by molar-refractivity contribution is 0.289. The Hall–Kier alpha value is -0.0400. The molecule has 0 amide bonds. The lowest BCUT2D eigenvalue weighted by Crippen LogP contribution is -2.05. The second-order valence-corrected chi connectivity index (χ2v) is 2.18. The molecule has 0 aromatic carbocycles. The zero-order valence-electron chi connectivity index (χ0n) is 5.03. The largest absolute Gasteiger partial charge is 0.370 e. The second-order valence-electron chi connectivity index (χ2n) is 2.18. The molecule has 1 heterocycles. The maximum atomic E-state index is 5.19. The molecule has 1 aliphatic rings. The van der Waals surface area contributed by atoms with Crippen LogP contribution in [0.2, 0.25) is 0 Å². The van der Waals surface area contributed by atoms with E-state index in [0.29, 0.717) is 5.60 Å². The van der Waals surface area contributed by atoms with Gasteiger partial charge in [0.1, 0.15) is 0 Å². The van der Waals surface area contributed by atoms with E-state index in [9.17, 15) is 0 Å². The van der Waals surface area contributed by atoms with E-state index >= 15 is 0 Å². The van der Waals surface area contributed by atoms with Crippen molar-refractivity contribution in [3.63, 3.8) is 0 Å². The van der Waals surface area contributed by atoms with E-state index in [-0.39, 0.29) is 14.9 Å². The van der Waals surface area contributed by atoms with Crippen molar-refractivity contribution < 1.29 is 4.74 Å². The molecule has 1 fully saturated rings. The molecule has 1 rings (SSSR count). The minimum atomic E-state index is 0. The first-order valence-corrected chi connectivity index (χ1v) is 2.97. The number of hydrogen-bond donors (Lipinski definition) is 0. The Morgan fingerprint density at radius 1 is 1.22 bits per heavy atom. The maximum Gasteiger partial charge on any atom is 0.0911 e. The molecular weight excluding hydrogens is 112 g/mol. The van der Waals surface area contributed by atoms with Crippen molar-refractivity contribution in [2.24, 2.45) is 0 Å². The van der Waals surface area contributed by atoms with E-state index in [0.717, 1.165) is 6.61 Å². The smallest absolute Gasteiger partial charge is 0.0911 e. The van der Waals surface area contributed by atoms with Crippen molar-refractivity contribution in [3.05, 3.63) is 0 Å². The molecule has 0 N–H and O–H groups in total. The summed E-state index contributed by atoms with van der Waals surface area (Å²) in [5, 5.41) is 0. The average Bonchev–Trinajstić information content (AvgIpc) is 2.46. The van der Waals surface area contributed by atoms with Crippen LogP contribution in [0.25, 0.3) is 0 Å². The SMILES string of the molecule is C.C.CCC1(CC)CO1. The van der Waals surface area contributed by atoms with Gasteiger partial charge in [0.05, 0.1) is 12.2 Å². The molecule has 0 atom stereocenters. The first-order chi connectivity index (χ1) is 3.33. The third-order valence-corrected chi connectivity index (χ3v) is 1.84. The maximum absolute atomic E-state index is 5.19. The van der Waals surface area contributed by atoms with Crippen LogP contribution in [0.5, 0.6) is 0 Å². The number of epoxide rings is 1. The summed E-state index contributed by atoms with van der Waals surface area (Å²) in [6.45, 7) is 5.35.